The van der Waals surface area contributed by atoms with Gasteiger partial charge in [-0.25, -0.2) is 9.97 Å². The van der Waals surface area contributed by atoms with Crippen LogP contribution in [0.25, 0.3) is 83.3 Å². The molecule has 0 saturated heterocycles. The Balaban J connectivity index is 1.21. The van der Waals surface area contributed by atoms with Crippen LogP contribution in [0.4, 0.5) is 0 Å². The molecule has 0 spiro atoms. The number of rotatable bonds is 4. The summed E-state index contributed by atoms with van der Waals surface area (Å²) in [4.78, 5) is 10.1. The van der Waals surface area contributed by atoms with E-state index in [1.165, 1.54) is 54.8 Å². The maximum Gasteiger partial charge on any atom is 0.160 e. The summed E-state index contributed by atoms with van der Waals surface area (Å²) < 4.78 is 2.47. The van der Waals surface area contributed by atoms with Gasteiger partial charge in [-0.1, -0.05) is 147 Å². The lowest BCUT2D eigenvalue weighted by atomic mass is 9.68. The number of nitrogens with zero attached hydrogens (tertiary/aromatic N) is 3. The van der Waals surface area contributed by atoms with Crippen molar-refractivity contribution in [3.8, 4) is 50.7 Å². The molecule has 50 heavy (non-hydrogen) atoms. The summed E-state index contributed by atoms with van der Waals surface area (Å²) in [5.74, 6) is 0.719. The first kappa shape index (κ1) is 28.7. The maximum absolute atomic E-state index is 5.09. The monoisotopic (exact) mass is 639 g/mol. The molecule has 10 rings (SSSR count). The fraction of sp³-hybridized carbons (Fsp3) is 0.0638. The van der Waals surface area contributed by atoms with E-state index in [-0.39, 0.29) is 5.41 Å². The summed E-state index contributed by atoms with van der Waals surface area (Å²) in [5.41, 5.74) is 13.8. The molecule has 0 unspecified atom stereocenters. The van der Waals surface area contributed by atoms with Gasteiger partial charge in [-0.15, -0.1) is 0 Å². The van der Waals surface area contributed by atoms with Gasteiger partial charge < -0.3 is 4.57 Å². The first-order chi connectivity index (χ1) is 24.6. The highest BCUT2D eigenvalue weighted by Gasteiger charge is 2.35. The molecular weight excluding hydrogens is 607 g/mol. The molecule has 236 valence electrons. The quantitative estimate of drug-likeness (QED) is 0.192. The first-order valence-corrected chi connectivity index (χ1v) is 17.3. The van der Waals surface area contributed by atoms with Crippen molar-refractivity contribution in [2.45, 2.75) is 19.3 Å². The molecule has 0 radical (unpaired) electrons. The molecular formula is C47H33N3. The molecule has 3 nitrogen and oxygen atoms in total. The number of aromatic nitrogens is 3. The Labute approximate surface area is 291 Å². The van der Waals surface area contributed by atoms with Crippen LogP contribution >= 0.6 is 0 Å². The van der Waals surface area contributed by atoms with Gasteiger partial charge in [0.25, 0.3) is 0 Å². The van der Waals surface area contributed by atoms with Gasteiger partial charge in [0.05, 0.1) is 22.4 Å². The molecule has 1 aliphatic rings. The first-order valence-electron chi connectivity index (χ1n) is 17.3. The third-order valence-electron chi connectivity index (χ3n) is 10.6. The lowest BCUT2D eigenvalue weighted by Gasteiger charge is -2.35. The van der Waals surface area contributed by atoms with E-state index in [1.807, 2.05) is 24.3 Å². The number of hydrogen-bond donors (Lipinski definition) is 0. The second-order valence-electron chi connectivity index (χ2n) is 13.8. The van der Waals surface area contributed by atoms with Crippen molar-refractivity contribution >= 4 is 32.6 Å². The van der Waals surface area contributed by atoms with E-state index in [0.717, 1.165) is 39.6 Å². The van der Waals surface area contributed by atoms with E-state index >= 15 is 0 Å². The average molecular weight is 640 g/mol. The molecule has 0 bridgehead atoms. The van der Waals surface area contributed by atoms with E-state index in [4.69, 9.17) is 9.97 Å². The van der Waals surface area contributed by atoms with Crippen LogP contribution < -0.4 is 0 Å². The minimum Gasteiger partial charge on any atom is -0.309 e. The topological polar surface area (TPSA) is 30.7 Å². The SMILES string of the molecule is CC1(C)c2ccccc2-c2c3c1cccc3cc1c3ccccc3n(-c3ccc(-c4cc(-c5ccccc5)nc(-c5ccccc5)n4)cc3)c21. The van der Waals surface area contributed by atoms with Crippen molar-refractivity contribution in [1.82, 2.24) is 14.5 Å². The summed E-state index contributed by atoms with van der Waals surface area (Å²) in [6.07, 6.45) is 0. The number of hydrogen-bond acceptors (Lipinski definition) is 2. The molecule has 7 aromatic carbocycles. The normalized spacial score (nSPS) is 13.2. The molecule has 0 amide bonds. The van der Waals surface area contributed by atoms with Gasteiger partial charge in [-0.3, -0.25) is 0 Å². The van der Waals surface area contributed by atoms with Crippen LogP contribution in [0.5, 0.6) is 0 Å². The molecule has 1 aliphatic carbocycles. The highest BCUT2D eigenvalue weighted by atomic mass is 15.0. The predicted octanol–water partition coefficient (Wildman–Crippen LogP) is 12.0. The lowest BCUT2D eigenvalue weighted by Crippen LogP contribution is -2.23. The number of fused-ring (bicyclic) bond motifs is 6. The van der Waals surface area contributed by atoms with E-state index in [2.05, 4.69) is 158 Å². The fourth-order valence-corrected chi connectivity index (χ4v) is 8.19. The Hall–Kier alpha value is -6.32. The van der Waals surface area contributed by atoms with Crippen LogP contribution in [0.1, 0.15) is 25.0 Å². The molecule has 3 heteroatoms. The summed E-state index contributed by atoms with van der Waals surface area (Å²) in [5, 5.41) is 5.17. The second kappa shape index (κ2) is 10.8. The van der Waals surface area contributed by atoms with Crippen LogP contribution in [0.2, 0.25) is 0 Å². The third kappa shape index (κ3) is 4.23. The van der Waals surface area contributed by atoms with Gasteiger partial charge in [-0.05, 0) is 57.8 Å². The molecule has 9 aromatic rings. The zero-order valence-electron chi connectivity index (χ0n) is 27.9. The molecule has 2 aromatic heterocycles. The highest BCUT2D eigenvalue weighted by Crippen LogP contribution is 2.52. The van der Waals surface area contributed by atoms with Crippen molar-refractivity contribution in [3.63, 3.8) is 0 Å². The van der Waals surface area contributed by atoms with Crippen molar-refractivity contribution in [2.24, 2.45) is 0 Å². The number of para-hydroxylation sites is 1. The molecule has 0 atom stereocenters. The second-order valence-corrected chi connectivity index (χ2v) is 13.8. The zero-order valence-corrected chi connectivity index (χ0v) is 27.9. The summed E-state index contributed by atoms with van der Waals surface area (Å²) >= 11 is 0. The molecule has 2 heterocycles. The Kier molecular flexibility index (Phi) is 6.22. The van der Waals surface area contributed by atoms with Crippen LogP contribution in [-0.4, -0.2) is 14.5 Å². The van der Waals surface area contributed by atoms with Crippen molar-refractivity contribution in [3.05, 3.63) is 175 Å². The molecule has 0 aliphatic heterocycles. The highest BCUT2D eigenvalue weighted by molar-refractivity contribution is 6.23. The van der Waals surface area contributed by atoms with Crippen LogP contribution in [0.15, 0.2) is 164 Å². The van der Waals surface area contributed by atoms with Gasteiger partial charge in [0.15, 0.2) is 5.82 Å². The minimum atomic E-state index is -0.107. The van der Waals surface area contributed by atoms with Gasteiger partial charge in [0.2, 0.25) is 0 Å². The van der Waals surface area contributed by atoms with Crippen LogP contribution in [0, 0.1) is 0 Å². The van der Waals surface area contributed by atoms with Crippen LogP contribution in [-0.2, 0) is 5.41 Å². The minimum absolute atomic E-state index is 0.107. The largest absolute Gasteiger partial charge is 0.309 e. The third-order valence-corrected chi connectivity index (χ3v) is 10.6. The summed E-state index contributed by atoms with van der Waals surface area (Å²) in [7, 11) is 0. The zero-order chi connectivity index (χ0) is 33.4. The molecule has 0 fully saturated rings. The predicted molar refractivity (Wildman–Crippen MR) is 208 cm³/mol. The van der Waals surface area contributed by atoms with E-state index in [9.17, 15) is 0 Å². The average Bonchev–Trinajstić information content (AvgIpc) is 3.51. The van der Waals surface area contributed by atoms with E-state index < -0.39 is 0 Å². The lowest BCUT2D eigenvalue weighted by molar-refractivity contribution is 0.645. The Morgan fingerprint density at radius 3 is 1.88 bits per heavy atom. The smallest absolute Gasteiger partial charge is 0.160 e. The van der Waals surface area contributed by atoms with Crippen LogP contribution in [0.3, 0.4) is 0 Å². The van der Waals surface area contributed by atoms with Gasteiger partial charge in [-0.2, -0.15) is 0 Å². The molecule has 0 saturated carbocycles. The summed E-state index contributed by atoms with van der Waals surface area (Å²) in [6.45, 7) is 4.73. The Morgan fingerprint density at radius 2 is 1.12 bits per heavy atom. The van der Waals surface area contributed by atoms with E-state index in [1.54, 1.807) is 0 Å². The van der Waals surface area contributed by atoms with Gasteiger partial charge in [0, 0.05) is 44.1 Å². The van der Waals surface area contributed by atoms with E-state index in [0.29, 0.717) is 0 Å². The van der Waals surface area contributed by atoms with Crippen molar-refractivity contribution in [1.29, 1.82) is 0 Å². The fourth-order valence-electron chi connectivity index (χ4n) is 8.19. The molecule has 0 N–H and O–H groups in total. The number of benzene rings is 7. The van der Waals surface area contributed by atoms with Gasteiger partial charge in [0.1, 0.15) is 0 Å². The van der Waals surface area contributed by atoms with Crippen molar-refractivity contribution < 1.29 is 0 Å². The van der Waals surface area contributed by atoms with Crippen molar-refractivity contribution in [2.75, 3.05) is 0 Å². The summed E-state index contributed by atoms with van der Waals surface area (Å²) in [6, 6.07) is 58.6. The standard InChI is InChI=1S/C47H33N3/c1-47(2)38-21-11-9-20-36(38)44-43-33(18-13-22-39(43)47)28-37-35-19-10-12-23-42(35)50(45(37)44)34-26-24-31(25-27-34)41-29-40(30-14-5-3-6-15-30)48-46(49-41)32-16-7-4-8-17-32/h3-29H,1-2H3. The maximum atomic E-state index is 5.09. The Bertz CT molecular complexity index is 2700. The van der Waals surface area contributed by atoms with Gasteiger partial charge >= 0.3 is 0 Å². The Morgan fingerprint density at radius 1 is 0.500 bits per heavy atom.